The van der Waals surface area contributed by atoms with Gasteiger partial charge in [0.05, 0.1) is 41.2 Å². The predicted molar refractivity (Wildman–Crippen MR) is 149 cm³/mol. The smallest absolute Gasteiger partial charge is 0.344 e. The van der Waals surface area contributed by atoms with E-state index in [4.69, 9.17) is 18.6 Å². The molecule has 0 amide bonds. The van der Waals surface area contributed by atoms with Crippen LogP contribution in [0.4, 0.5) is 0 Å². The second kappa shape index (κ2) is 10.6. The van der Waals surface area contributed by atoms with Gasteiger partial charge in [-0.1, -0.05) is 18.2 Å². The van der Waals surface area contributed by atoms with Gasteiger partial charge in [0.2, 0.25) is 5.82 Å². The highest BCUT2D eigenvalue weighted by molar-refractivity contribution is 9.10. The SMILES string of the molecule is COc1cc(C=Nn2c(-c3cc4c(OC)cccc4o3)nc3ccccc3c2=O)cc(Br)c1O[C@@H](C)C(=O)O. The number of halogens is 1. The van der Waals surface area contributed by atoms with Gasteiger partial charge in [-0.05, 0) is 70.9 Å². The molecule has 5 aromatic rings. The van der Waals surface area contributed by atoms with Crippen LogP contribution in [0, 0.1) is 0 Å². The third-order valence-corrected chi connectivity index (χ3v) is 6.52. The lowest BCUT2D eigenvalue weighted by atomic mass is 10.2. The number of aromatic nitrogens is 2. The highest BCUT2D eigenvalue weighted by Gasteiger charge is 2.20. The zero-order valence-corrected chi connectivity index (χ0v) is 22.6. The molecule has 0 aliphatic rings. The number of carboxylic acid groups (broad SMARTS) is 1. The van der Waals surface area contributed by atoms with Gasteiger partial charge in [-0.2, -0.15) is 9.78 Å². The molecule has 0 fully saturated rings. The number of hydrogen-bond acceptors (Lipinski definition) is 8. The number of aliphatic carboxylic acids is 1. The second-order valence-corrected chi connectivity index (χ2v) is 9.28. The average Bonchev–Trinajstić information content (AvgIpc) is 3.38. The molecule has 10 nitrogen and oxygen atoms in total. The molecule has 3 aromatic carbocycles. The Labute approximate surface area is 230 Å². The fraction of sp³-hybridized carbons (Fsp3) is 0.143. The summed E-state index contributed by atoms with van der Waals surface area (Å²) in [5.41, 5.74) is 1.23. The van der Waals surface area contributed by atoms with Crippen LogP contribution in [0.2, 0.25) is 0 Å². The number of benzene rings is 3. The van der Waals surface area contributed by atoms with E-state index in [2.05, 4.69) is 26.0 Å². The number of nitrogens with zero attached hydrogens (tertiary/aromatic N) is 3. The minimum absolute atomic E-state index is 0.203. The summed E-state index contributed by atoms with van der Waals surface area (Å²) >= 11 is 3.41. The number of carbonyl (C=O) groups is 1. The normalized spacial score (nSPS) is 12.2. The first-order valence-electron chi connectivity index (χ1n) is 11.7. The van der Waals surface area contributed by atoms with Gasteiger partial charge in [-0.25, -0.2) is 9.78 Å². The van der Waals surface area contributed by atoms with Gasteiger partial charge in [0, 0.05) is 0 Å². The Morgan fingerprint density at radius 2 is 1.85 bits per heavy atom. The fourth-order valence-electron chi connectivity index (χ4n) is 3.99. The van der Waals surface area contributed by atoms with Crippen molar-refractivity contribution < 1.29 is 28.5 Å². The van der Waals surface area contributed by atoms with Gasteiger partial charge in [0.15, 0.2) is 23.4 Å². The Morgan fingerprint density at radius 3 is 2.59 bits per heavy atom. The van der Waals surface area contributed by atoms with Crippen LogP contribution in [0.5, 0.6) is 17.2 Å². The van der Waals surface area contributed by atoms with Gasteiger partial charge in [0.25, 0.3) is 5.56 Å². The molecule has 5 rings (SSSR count). The molecule has 198 valence electrons. The molecule has 0 aliphatic heterocycles. The molecule has 2 aromatic heterocycles. The van der Waals surface area contributed by atoms with E-state index in [1.807, 2.05) is 12.1 Å². The van der Waals surface area contributed by atoms with Crippen molar-refractivity contribution in [3.8, 4) is 28.8 Å². The summed E-state index contributed by atoms with van der Waals surface area (Å²) in [5, 5.41) is 14.8. The van der Waals surface area contributed by atoms with Crippen LogP contribution >= 0.6 is 15.9 Å². The molecule has 1 N–H and O–H groups in total. The quantitative estimate of drug-likeness (QED) is 0.240. The summed E-state index contributed by atoms with van der Waals surface area (Å²) in [6.45, 7) is 1.41. The summed E-state index contributed by atoms with van der Waals surface area (Å²) < 4.78 is 24.1. The molecule has 0 saturated carbocycles. The molecular formula is C28H22BrN3O7. The maximum atomic E-state index is 13.5. The summed E-state index contributed by atoms with van der Waals surface area (Å²) in [6, 6.07) is 17.4. The molecule has 39 heavy (non-hydrogen) atoms. The standard InChI is InChI=1S/C28H22BrN3O7/c1-15(28(34)35)38-25-19(29)11-16(12-23(25)37-3)14-30-32-26(31-20-8-5-4-7-17(20)27(32)33)24-13-18-21(36-2)9-6-10-22(18)39-24/h4-15H,1-3H3,(H,34,35)/t15-/m0/s1. The van der Waals surface area contributed by atoms with Crippen molar-refractivity contribution in [2.24, 2.45) is 5.10 Å². The number of ether oxygens (including phenoxy) is 3. The van der Waals surface area contributed by atoms with E-state index >= 15 is 0 Å². The second-order valence-electron chi connectivity index (χ2n) is 8.43. The molecule has 0 bridgehead atoms. The highest BCUT2D eigenvalue weighted by atomic mass is 79.9. The number of rotatable bonds is 8. The van der Waals surface area contributed by atoms with Crippen molar-refractivity contribution in [3.05, 3.63) is 81.1 Å². The lowest BCUT2D eigenvalue weighted by Gasteiger charge is -2.16. The Kier molecular flexibility index (Phi) is 7.07. The first-order valence-corrected chi connectivity index (χ1v) is 12.5. The van der Waals surface area contributed by atoms with Crippen molar-refractivity contribution in [1.29, 1.82) is 0 Å². The first kappa shape index (κ1) is 26.0. The Balaban J connectivity index is 1.64. The summed E-state index contributed by atoms with van der Waals surface area (Å²) in [4.78, 5) is 29.5. The van der Waals surface area contributed by atoms with Gasteiger partial charge < -0.3 is 23.7 Å². The lowest BCUT2D eigenvalue weighted by molar-refractivity contribution is -0.144. The molecule has 1 atom stereocenters. The Morgan fingerprint density at radius 1 is 1.08 bits per heavy atom. The van der Waals surface area contributed by atoms with Gasteiger partial charge in [0.1, 0.15) is 11.3 Å². The third-order valence-electron chi connectivity index (χ3n) is 5.93. The van der Waals surface area contributed by atoms with Crippen molar-refractivity contribution >= 4 is 50.0 Å². The first-order chi connectivity index (χ1) is 18.8. The Bertz CT molecular complexity index is 1810. The van der Waals surface area contributed by atoms with Crippen LogP contribution < -0.4 is 19.8 Å². The van der Waals surface area contributed by atoms with E-state index in [0.29, 0.717) is 38.0 Å². The minimum atomic E-state index is -1.12. The molecule has 0 spiro atoms. The van der Waals surface area contributed by atoms with E-state index in [1.54, 1.807) is 55.6 Å². The summed E-state index contributed by atoms with van der Waals surface area (Å²) in [7, 11) is 3.01. The van der Waals surface area contributed by atoms with E-state index in [-0.39, 0.29) is 22.9 Å². The molecule has 2 heterocycles. The Hall–Kier alpha value is -4.64. The lowest BCUT2D eigenvalue weighted by Crippen LogP contribution is -2.23. The molecular weight excluding hydrogens is 570 g/mol. The number of hydrogen-bond donors (Lipinski definition) is 1. The fourth-order valence-corrected chi connectivity index (χ4v) is 4.55. The van der Waals surface area contributed by atoms with Crippen molar-refractivity contribution in [2.45, 2.75) is 13.0 Å². The van der Waals surface area contributed by atoms with Gasteiger partial charge in [-0.15, -0.1) is 0 Å². The molecule has 0 aliphatic carbocycles. The van der Waals surface area contributed by atoms with E-state index in [0.717, 1.165) is 5.39 Å². The maximum absolute atomic E-state index is 13.5. The van der Waals surface area contributed by atoms with Crippen molar-refractivity contribution in [3.63, 3.8) is 0 Å². The highest BCUT2D eigenvalue weighted by Crippen LogP contribution is 2.37. The van der Waals surface area contributed by atoms with Crippen LogP contribution in [0.3, 0.4) is 0 Å². The molecule has 0 unspecified atom stereocenters. The molecule has 0 saturated heterocycles. The summed E-state index contributed by atoms with van der Waals surface area (Å²) in [6.07, 6.45) is 0.365. The number of fused-ring (bicyclic) bond motifs is 2. The van der Waals surface area contributed by atoms with Crippen molar-refractivity contribution in [1.82, 2.24) is 9.66 Å². The molecule has 11 heteroatoms. The number of para-hydroxylation sites is 1. The topological polar surface area (TPSA) is 125 Å². The van der Waals surface area contributed by atoms with Crippen LogP contribution in [0.1, 0.15) is 12.5 Å². The van der Waals surface area contributed by atoms with Gasteiger partial charge in [-0.3, -0.25) is 4.79 Å². The summed E-state index contributed by atoms with van der Waals surface area (Å²) in [5.74, 6) is 0.554. The van der Waals surface area contributed by atoms with Gasteiger partial charge >= 0.3 is 5.97 Å². The zero-order valence-electron chi connectivity index (χ0n) is 21.0. The van der Waals surface area contributed by atoms with Crippen LogP contribution in [-0.2, 0) is 4.79 Å². The largest absolute Gasteiger partial charge is 0.496 e. The van der Waals surface area contributed by atoms with E-state index in [1.165, 1.54) is 24.9 Å². The number of carboxylic acids is 1. The minimum Gasteiger partial charge on any atom is -0.496 e. The van der Waals surface area contributed by atoms with Crippen molar-refractivity contribution in [2.75, 3.05) is 14.2 Å². The number of furan rings is 1. The third kappa shape index (κ3) is 4.96. The average molecular weight is 592 g/mol. The maximum Gasteiger partial charge on any atom is 0.344 e. The van der Waals surface area contributed by atoms with E-state index < -0.39 is 12.1 Å². The predicted octanol–water partition coefficient (Wildman–Crippen LogP) is 5.32. The zero-order chi connectivity index (χ0) is 27.7. The van der Waals surface area contributed by atoms with Crippen LogP contribution in [0.15, 0.2) is 79.4 Å². The monoisotopic (exact) mass is 591 g/mol. The molecule has 0 radical (unpaired) electrons. The van der Waals surface area contributed by atoms with Crippen LogP contribution in [0.25, 0.3) is 33.5 Å². The number of methoxy groups -OCH3 is 2. The van der Waals surface area contributed by atoms with E-state index in [9.17, 15) is 14.7 Å². The van der Waals surface area contributed by atoms with Crippen LogP contribution in [-0.4, -0.2) is 47.3 Å².